The maximum absolute atomic E-state index is 12.9. The minimum atomic E-state index is -0.938. The van der Waals surface area contributed by atoms with Gasteiger partial charge in [0.25, 0.3) is 5.91 Å². The number of aryl methyl sites for hydroxylation is 1. The van der Waals surface area contributed by atoms with E-state index in [-0.39, 0.29) is 18.4 Å². The van der Waals surface area contributed by atoms with Crippen LogP contribution >= 0.6 is 0 Å². The molecule has 0 bridgehead atoms. The van der Waals surface area contributed by atoms with E-state index >= 15 is 0 Å². The molecule has 2 aliphatic rings. The number of benzene rings is 1. The van der Waals surface area contributed by atoms with Gasteiger partial charge in [-0.3, -0.25) is 14.4 Å². The molecule has 140 valence electrons. The first-order valence-electron chi connectivity index (χ1n) is 8.79. The molecule has 2 amide bonds. The van der Waals surface area contributed by atoms with Gasteiger partial charge in [0.1, 0.15) is 0 Å². The highest BCUT2D eigenvalue weighted by Crippen LogP contribution is 2.36. The molecule has 0 aromatic heterocycles. The van der Waals surface area contributed by atoms with Crippen LogP contribution in [0.15, 0.2) is 18.2 Å². The molecule has 0 radical (unpaired) electrons. The Kier molecular flexibility index (Phi) is 5.00. The van der Waals surface area contributed by atoms with E-state index < -0.39 is 11.4 Å². The average Bonchev–Trinajstić information content (AvgIpc) is 3.08. The summed E-state index contributed by atoms with van der Waals surface area (Å²) in [5, 5.41) is 9.64. The summed E-state index contributed by atoms with van der Waals surface area (Å²) in [4.78, 5) is 39.7. The first kappa shape index (κ1) is 18.4. The lowest BCUT2D eigenvalue weighted by Crippen LogP contribution is -2.38. The minimum Gasteiger partial charge on any atom is -0.481 e. The van der Waals surface area contributed by atoms with Crippen molar-refractivity contribution < 1.29 is 24.2 Å². The van der Waals surface area contributed by atoms with E-state index in [1.807, 2.05) is 6.07 Å². The highest BCUT2D eigenvalue weighted by molar-refractivity contribution is 5.99. The predicted molar refractivity (Wildman–Crippen MR) is 95.3 cm³/mol. The largest absolute Gasteiger partial charge is 0.481 e. The molecular weight excluding hydrogens is 336 g/mol. The van der Waals surface area contributed by atoms with Crippen LogP contribution in [0.25, 0.3) is 0 Å². The van der Waals surface area contributed by atoms with E-state index in [1.165, 1.54) is 0 Å². The smallest absolute Gasteiger partial charge is 0.311 e. The Morgan fingerprint density at radius 3 is 2.77 bits per heavy atom. The Bertz CT molecular complexity index is 747. The number of carbonyl (C=O) groups is 3. The van der Waals surface area contributed by atoms with Crippen molar-refractivity contribution in [2.75, 3.05) is 38.8 Å². The molecule has 1 unspecified atom stereocenters. The van der Waals surface area contributed by atoms with Crippen molar-refractivity contribution in [1.82, 2.24) is 4.90 Å². The van der Waals surface area contributed by atoms with Crippen LogP contribution in [0.5, 0.6) is 0 Å². The molecule has 1 fully saturated rings. The predicted octanol–water partition coefficient (Wildman–Crippen LogP) is 1.55. The molecule has 1 N–H and O–H groups in total. The fourth-order valence-corrected chi connectivity index (χ4v) is 3.80. The van der Waals surface area contributed by atoms with E-state index in [0.29, 0.717) is 44.4 Å². The van der Waals surface area contributed by atoms with Crippen molar-refractivity contribution in [3.05, 3.63) is 29.3 Å². The minimum absolute atomic E-state index is 0.0699. The van der Waals surface area contributed by atoms with Crippen molar-refractivity contribution >= 4 is 23.5 Å². The van der Waals surface area contributed by atoms with Gasteiger partial charge in [-0.1, -0.05) is 0 Å². The number of aliphatic carboxylic acids is 1. The number of ether oxygens (including phenoxy) is 1. The van der Waals surface area contributed by atoms with Crippen LogP contribution in [0.3, 0.4) is 0 Å². The Morgan fingerprint density at radius 1 is 1.31 bits per heavy atom. The summed E-state index contributed by atoms with van der Waals surface area (Å²) in [7, 11) is 3.28. The number of carboxylic acids is 1. The number of nitrogens with zero attached hydrogens (tertiary/aromatic N) is 2. The SMILES string of the molecule is COCCC1(C(=O)O)CCN(C(=O)c2ccc3c(c2)CCC(=O)N3C)C1. The van der Waals surface area contributed by atoms with Crippen LogP contribution in [-0.2, 0) is 20.7 Å². The topological polar surface area (TPSA) is 87.1 Å². The maximum atomic E-state index is 12.9. The number of methoxy groups -OCH3 is 1. The van der Waals surface area contributed by atoms with Crippen molar-refractivity contribution in [3.8, 4) is 0 Å². The summed E-state index contributed by atoms with van der Waals surface area (Å²) in [5.74, 6) is -0.969. The molecule has 1 aromatic rings. The van der Waals surface area contributed by atoms with Crippen molar-refractivity contribution in [3.63, 3.8) is 0 Å². The Labute approximate surface area is 152 Å². The van der Waals surface area contributed by atoms with Gasteiger partial charge in [0, 0.05) is 51.5 Å². The van der Waals surface area contributed by atoms with E-state index in [4.69, 9.17) is 4.74 Å². The number of fused-ring (bicyclic) bond motifs is 1. The van der Waals surface area contributed by atoms with Crippen molar-refractivity contribution in [2.45, 2.75) is 25.7 Å². The molecule has 1 saturated heterocycles. The second-order valence-corrected chi connectivity index (χ2v) is 7.10. The Balaban J connectivity index is 1.78. The monoisotopic (exact) mass is 360 g/mol. The van der Waals surface area contributed by atoms with Gasteiger partial charge in [-0.2, -0.15) is 0 Å². The number of carbonyl (C=O) groups excluding carboxylic acids is 2. The zero-order chi connectivity index (χ0) is 18.9. The van der Waals surface area contributed by atoms with Crippen LogP contribution in [0.4, 0.5) is 5.69 Å². The zero-order valence-corrected chi connectivity index (χ0v) is 15.2. The molecule has 2 aliphatic heterocycles. The van der Waals surface area contributed by atoms with Gasteiger partial charge in [0.2, 0.25) is 5.91 Å². The Morgan fingerprint density at radius 2 is 2.08 bits per heavy atom. The Hall–Kier alpha value is -2.41. The van der Waals surface area contributed by atoms with Crippen molar-refractivity contribution in [1.29, 1.82) is 0 Å². The molecular formula is C19H24N2O5. The molecule has 26 heavy (non-hydrogen) atoms. The number of anilines is 1. The van der Waals surface area contributed by atoms with Crippen LogP contribution in [-0.4, -0.2) is 61.6 Å². The molecule has 2 heterocycles. The molecule has 7 heteroatoms. The summed E-state index contributed by atoms with van der Waals surface area (Å²) in [6, 6.07) is 5.34. The summed E-state index contributed by atoms with van der Waals surface area (Å²) >= 11 is 0. The third-order valence-corrected chi connectivity index (χ3v) is 5.55. The van der Waals surface area contributed by atoms with Gasteiger partial charge in [-0.15, -0.1) is 0 Å². The third kappa shape index (κ3) is 3.19. The van der Waals surface area contributed by atoms with Crippen LogP contribution in [0, 0.1) is 5.41 Å². The van der Waals surface area contributed by atoms with Crippen LogP contribution in [0.2, 0.25) is 0 Å². The third-order valence-electron chi connectivity index (χ3n) is 5.55. The van der Waals surface area contributed by atoms with Gasteiger partial charge in [0.05, 0.1) is 5.41 Å². The molecule has 0 saturated carbocycles. The van der Waals surface area contributed by atoms with E-state index in [2.05, 4.69) is 0 Å². The highest BCUT2D eigenvalue weighted by atomic mass is 16.5. The first-order chi connectivity index (χ1) is 12.4. The zero-order valence-electron chi connectivity index (χ0n) is 15.2. The van der Waals surface area contributed by atoms with Gasteiger partial charge in [-0.25, -0.2) is 0 Å². The van der Waals surface area contributed by atoms with Crippen molar-refractivity contribution in [2.24, 2.45) is 5.41 Å². The summed E-state index contributed by atoms with van der Waals surface area (Å²) in [5.41, 5.74) is 1.41. The number of rotatable bonds is 5. The molecule has 1 atom stereocenters. The molecule has 0 aliphatic carbocycles. The number of hydrogen-bond donors (Lipinski definition) is 1. The maximum Gasteiger partial charge on any atom is 0.311 e. The summed E-state index contributed by atoms with van der Waals surface area (Å²) in [6.07, 6.45) is 1.87. The van der Waals surface area contributed by atoms with E-state index in [0.717, 1.165) is 11.3 Å². The lowest BCUT2D eigenvalue weighted by molar-refractivity contribution is -0.149. The highest BCUT2D eigenvalue weighted by Gasteiger charge is 2.46. The number of amides is 2. The van der Waals surface area contributed by atoms with Crippen LogP contribution in [0.1, 0.15) is 35.2 Å². The van der Waals surface area contributed by atoms with E-state index in [1.54, 1.807) is 36.1 Å². The molecule has 3 rings (SSSR count). The van der Waals surface area contributed by atoms with E-state index in [9.17, 15) is 19.5 Å². The normalized spacial score (nSPS) is 22.5. The standard InChI is InChI=1S/C19H24N2O5/c1-20-15-5-3-14(11-13(15)4-6-16(20)22)17(23)21-9-7-19(12-21,18(24)25)8-10-26-2/h3,5,11H,4,6-10,12H2,1-2H3,(H,24,25). The first-order valence-corrected chi connectivity index (χ1v) is 8.79. The molecule has 0 spiro atoms. The van der Waals surface area contributed by atoms with Gasteiger partial charge in [-0.05, 0) is 43.0 Å². The van der Waals surface area contributed by atoms with Gasteiger partial charge >= 0.3 is 5.97 Å². The number of carboxylic acid groups (broad SMARTS) is 1. The van der Waals surface area contributed by atoms with Crippen LogP contribution < -0.4 is 4.90 Å². The fraction of sp³-hybridized carbons (Fsp3) is 0.526. The second kappa shape index (κ2) is 7.07. The molecule has 7 nitrogen and oxygen atoms in total. The average molecular weight is 360 g/mol. The summed E-state index contributed by atoms with van der Waals surface area (Å²) < 4.78 is 5.04. The lowest BCUT2D eigenvalue weighted by atomic mass is 9.84. The number of hydrogen-bond acceptors (Lipinski definition) is 4. The lowest BCUT2D eigenvalue weighted by Gasteiger charge is -2.27. The number of likely N-dealkylation sites (tertiary alicyclic amines) is 1. The second-order valence-electron chi connectivity index (χ2n) is 7.10. The fourth-order valence-electron chi connectivity index (χ4n) is 3.80. The summed E-state index contributed by atoms with van der Waals surface area (Å²) in [6.45, 7) is 0.970. The van der Waals surface area contributed by atoms with Gasteiger partial charge in [0.15, 0.2) is 0 Å². The quantitative estimate of drug-likeness (QED) is 0.861. The van der Waals surface area contributed by atoms with Gasteiger partial charge < -0.3 is 19.6 Å². The molecule has 1 aromatic carbocycles.